The minimum atomic E-state index is -1.36. The number of thioether (sulfide) groups is 1. The third kappa shape index (κ3) is 5.95. The fraction of sp³-hybridized carbons (Fsp3) is 0.944. The van der Waals surface area contributed by atoms with Crippen molar-refractivity contribution in [1.29, 1.82) is 0 Å². The van der Waals surface area contributed by atoms with Crippen LogP contribution < -0.4 is 10.6 Å². The summed E-state index contributed by atoms with van der Waals surface area (Å²) in [7, 11) is 0. The molecule has 9 heteroatoms. The number of ether oxygens (including phenoxy) is 1. The lowest BCUT2D eigenvalue weighted by atomic mass is 9.90. The maximum Gasteiger partial charge on any atom is 0.224 e. The van der Waals surface area contributed by atoms with Crippen LogP contribution in [0.2, 0.25) is 0 Å². The minimum Gasteiger partial charge on any atom is -0.388 e. The molecule has 158 valence electrons. The first-order valence-electron chi connectivity index (χ1n) is 9.63. The smallest absolute Gasteiger partial charge is 0.224 e. The summed E-state index contributed by atoms with van der Waals surface area (Å²) in [6.07, 6.45) is -0.190. The van der Waals surface area contributed by atoms with Gasteiger partial charge in [-0.15, -0.1) is 23.4 Å². The van der Waals surface area contributed by atoms with E-state index in [0.717, 1.165) is 25.8 Å². The fourth-order valence-electron chi connectivity index (χ4n) is 3.69. The molecule has 0 aromatic rings. The molecule has 0 radical (unpaired) electrons. The monoisotopic (exact) mass is 424 g/mol. The molecule has 0 saturated carbocycles. The van der Waals surface area contributed by atoms with E-state index in [1.54, 1.807) is 13.2 Å². The first-order valence-corrected chi connectivity index (χ1v) is 11.4. The summed E-state index contributed by atoms with van der Waals surface area (Å²) in [6, 6.07) is -0.686. The van der Waals surface area contributed by atoms with Crippen molar-refractivity contribution in [3.63, 3.8) is 0 Å². The van der Waals surface area contributed by atoms with Gasteiger partial charge in [-0.1, -0.05) is 6.92 Å². The van der Waals surface area contributed by atoms with Gasteiger partial charge in [0.25, 0.3) is 0 Å². The van der Waals surface area contributed by atoms with E-state index in [2.05, 4.69) is 17.6 Å². The first kappa shape index (κ1) is 23.2. The molecule has 2 rings (SSSR count). The zero-order valence-electron chi connectivity index (χ0n) is 16.2. The Balaban J connectivity index is 2.08. The van der Waals surface area contributed by atoms with E-state index in [-0.39, 0.29) is 11.8 Å². The van der Waals surface area contributed by atoms with Gasteiger partial charge in [0, 0.05) is 6.54 Å². The van der Waals surface area contributed by atoms with Crippen LogP contribution in [-0.4, -0.2) is 81.8 Å². The maximum absolute atomic E-state index is 12.9. The highest BCUT2D eigenvalue weighted by molar-refractivity contribution is 7.99. The van der Waals surface area contributed by atoms with Crippen molar-refractivity contribution in [3.8, 4) is 0 Å². The fourth-order valence-corrected chi connectivity index (χ4v) is 4.57. The van der Waals surface area contributed by atoms with E-state index in [1.807, 2.05) is 0 Å². The van der Waals surface area contributed by atoms with Crippen molar-refractivity contribution >= 4 is 29.3 Å². The molecule has 2 saturated heterocycles. The first-order chi connectivity index (χ1) is 12.8. The molecule has 0 aromatic carbocycles. The summed E-state index contributed by atoms with van der Waals surface area (Å²) >= 11 is 7.55. The zero-order valence-corrected chi connectivity index (χ0v) is 17.7. The van der Waals surface area contributed by atoms with Crippen LogP contribution in [0, 0.1) is 11.8 Å². The lowest BCUT2D eigenvalue weighted by Gasteiger charge is -2.44. The number of carbonyl (C=O) groups excluding carboxylic acids is 1. The predicted molar refractivity (Wildman–Crippen MR) is 107 cm³/mol. The van der Waals surface area contributed by atoms with E-state index < -0.39 is 41.3 Å². The van der Waals surface area contributed by atoms with Gasteiger partial charge in [0.1, 0.15) is 29.9 Å². The van der Waals surface area contributed by atoms with Crippen molar-refractivity contribution in [2.45, 2.75) is 74.4 Å². The second kappa shape index (κ2) is 10.6. The number of hydrogen-bond donors (Lipinski definition) is 5. The number of rotatable bonds is 5. The third-order valence-electron chi connectivity index (χ3n) is 5.58. The molecule has 0 aliphatic carbocycles. The number of nitrogens with one attached hydrogen (secondary N) is 2. The van der Waals surface area contributed by atoms with E-state index in [0.29, 0.717) is 12.5 Å². The molecule has 2 fully saturated rings. The van der Waals surface area contributed by atoms with Crippen LogP contribution in [0.25, 0.3) is 0 Å². The molecular weight excluding hydrogens is 392 g/mol. The van der Waals surface area contributed by atoms with Crippen LogP contribution in [0.1, 0.15) is 33.1 Å². The molecular formula is C18H33ClN2O5S. The Morgan fingerprint density at radius 2 is 1.93 bits per heavy atom. The minimum absolute atomic E-state index is 0.133. The quantitative estimate of drug-likeness (QED) is 0.403. The van der Waals surface area contributed by atoms with Crippen molar-refractivity contribution < 1.29 is 24.9 Å². The predicted octanol–water partition coefficient (Wildman–Crippen LogP) is 0.295. The van der Waals surface area contributed by atoms with Crippen molar-refractivity contribution in [3.05, 3.63) is 0 Å². The SMILES string of the molecule is CSC1OC(C(NC(=O)C2CCC(C)CCNC2)C(C)Cl)C(O)C(O)C1O. The van der Waals surface area contributed by atoms with Gasteiger partial charge in [0.05, 0.1) is 17.3 Å². The van der Waals surface area contributed by atoms with Crippen molar-refractivity contribution in [2.24, 2.45) is 11.8 Å². The highest BCUT2D eigenvalue weighted by Crippen LogP contribution is 2.30. The molecule has 0 bridgehead atoms. The number of halogens is 1. The molecule has 0 aromatic heterocycles. The lowest BCUT2D eigenvalue weighted by molar-refractivity contribution is -0.205. The number of carbonyl (C=O) groups is 1. The van der Waals surface area contributed by atoms with Gasteiger partial charge >= 0.3 is 0 Å². The molecule has 9 unspecified atom stereocenters. The van der Waals surface area contributed by atoms with Gasteiger partial charge in [0.2, 0.25) is 5.91 Å². The number of alkyl halides is 1. The molecule has 27 heavy (non-hydrogen) atoms. The average molecular weight is 425 g/mol. The lowest BCUT2D eigenvalue weighted by Crippen LogP contribution is -2.64. The summed E-state index contributed by atoms with van der Waals surface area (Å²) in [5.74, 6) is 0.253. The van der Waals surface area contributed by atoms with Crippen LogP contribution in [0.4, 0.5) is 0 Å². The third-order valence-corrected chi connectivity index (χ3v) is 6.71. The van der Waals surface area contributed by atoms with E-state index >= 15 is 0 Å². The normalized spacial score (nSPS) is 40.5. The van der Waals surface area contributed by atoms with E-state index in [1.165, 1.54) is 11.8 Å². The topological polar surface area (TPSA) is 111 Å². The Bertz CT molecular complexity index is 485. The number of aliphatic hydroxyl groups is 3. The standard InChI is InChI=1S/C18H33ClN2O5S/c1-9-4-5-11(8-20-7-6-9)17(25)21-12(10(2)19)16-14(23)13(22)15(24)18(26-16)27-3/h9-16,18,20,22-24H,4-8H2,1-3H3,(H,21,25). The maximum atomic E-state index is 12.9. The number of amides is 1. The van der Waals surface area contributed by atoms with Gasteiger partial charge in [0.15, 0.2) is 0 Å². The molecule has 2 heterocycles. The molecule has 0 spiro atoms. The van der Waals surface area contributed by atoms with Gasteiger partial charge in [-0.25, -0.2) is 0 Å². The summed E-state index contributed by atoms with van der Waals surface area (Å²) in [4.78, 5) is 12.9. The molecule has 9 atom stereocenters. The zero-order chi connectivity index (χ0) is 20.1. The van der Waals surface area contributed by atoms with Crippen LogP contribution in [-0.2, 0) is 9.53 Å². The highest BCUT2D eigenvalue weighted by atomic mass is 35.5. The van der Waals surface area contributed by atoms with Crippen LogP contribution in [0.5, 0.6) is 0 Å². The second-order valence-corrected chi connectivity index (χ2v) is 9.39. The Morgan fingerprint density at radius 1 is 1.22 bits per heavy atom. The molecule has 5 N–H and O–H groups in total. The second-order valence-electron chi connectivity index (χ2n) is 7.76. The average Bonchev–Trinajstić information content (AvgIpc) is 2.61. The van der Waals surface area contributed by atoms with Crippen LogP contribution >= 0.6 is 23.4 Å². The van der Waals surface area contributed by atoms with Gasteiger partial charge < -0.3 is 30.7 Å². The Labute approximate surface area is 170 Å². The van der Waals surface area contributed by atoms with Gasteiger partial charge in [-0.3, -0.25) is 4.79 Å². The van der Waals surface area contributed by atoms with Crippen LogP contribution in [0.3, 0.4) is 0 Å². The van der Waals surface area contributed by atoms with E-state index in [4.69, 9.17) is 16.3 Å². The van der Waals surface area contributed by atoms with Gasteiger partial charge in [-0.2, -0.15) is 0 Å². The van der Waals surface area contributed by atoms with Crippen molar-refractivity contribution in [1.82, 2.24) is 10.6 Å². The summed E-state index contributed by atoms with van der Waals surface area (Å²) in [6.45, 7) is 5.40. The summed E-state index contributed by atoms with van der Waals surface area (Å²) in [5.41, 5.74) is -0.702. The summed E-state index contributed by atoms with van der Waals surface area (Å²) < 4.78 is 5.79. The Hall–Kier alpha value is -0.0900. The largest absolute Gasteiger partial charge is 0.388 e. The molecule has 2 aliphatic rings. The molecule has 1 amide bonds. The summed E-state index contributed by atoms with van der Waals surface area (Å²) in [5, 5.41) is 36.3. The Kier molecular flexibility index (Phi) is 9.12. The van der Waals surface area contributed by atoms with Crippen LogP contribution in [0.15, 0.2) is 0 Å². The van der Waals surface area contributed by atoms with E-state index in [9.17, 15) is 20.1 Å². The highest BCUT2D eigenvalue weighted by Gasteiger charge is 2.48. The number of hydrogen-bond acceptors (Lipinski definition) is 7. The van der Waals surface area contributed by atoms with Gasteiger partial charge in [-0.05, 0) is 44.9 Å². The molecule has 2 aliphatic heterocycles. The van der Waals surface area contributed by atoms with Crippen molar-refractivity contribution in [2.75, 3.05) is 19.3 Å². The molecule has 7 nitrogen and oxygen atoms in total. The number of aliphatic hydroxyl groups excluding tert-OH is 3. The Morgan fingerprint density at radius 3 is 2.56 bits per heavy atom.